The molecule has 0 saturated carbocycles. The molecule has 30 heavy (non-hydrogen) atoms. The van der Waals surface area contributed by atoms with Gasteiger partial charge < -0.3 is 10.3 Å². The Hall–Kier alpha value is -3.74. The van der Waals surface area contributed by atoms with Crippen molar-refractivity contribution < 1.29 is 14.4 Å². The lowest BCUT2D eigenvalue weighted by Crippen LogP contribution is -2.31. The highest BCUT2D eigenvalue weighted by Crippen LogP contribution is 2.23. The van der Waals surface area contributed by atoms with Crippen LogP contribution in [0.2, 0.25) is 0 Å². The van der Waals surface area contributed by atoms with Crippen LogP contribution in [-0.4, -0.2) is 34.2 Å². The Labute approximate surface area is 172 Å². The zero-order valence-electron chi connectivity index (χ0n) is 16.5. The van der Waals surface area contributed by atoms with Gasteiger partial charge in [0.25, 0.3) is 11.8 Å². The molecule has 1 aromatic heterocycles. The van der Waals surface area contributed by atoms with E-state index in [1.807, 2.05) is 13.0 Å². The molecule has 3 aromatic rings. The molecule has 0 saturated heterocycles. The third-order valence-corrected chi connectivity index (χ3v) is 5.26. The Morgan fingerprint density at radius 1 is 1.00 bits per heavy atom. The molecule has 152 valence electrons. The average Bonchev–Trinajstić information content (AvgIpc) is 2.98. The molecule has 0 atom stereocenters. The Morgan fingerprint density at radius 2 is 1.70 bits per heavy atom. The van der Waals surface area contributed by atoms with Crippen LogP contribution in [-0.2, 0) is 11.2 Å². The summed E-state index contributed by atoms with van der Waals surface area (Å²) in [5.74, 6) is -0.859. The van der Waals surface area contributed by atoms with Crippen molar-refractivity contribution in [2.24, 2.45) is 0 Å². The monoisotopic (exact) mass is 403 g/mol. The first kappa shape index (κ1) is 19.6. The number of benzene rings is 2. The maximum atomic E-state index is 12.4. The van der Waals surface area contributed by atoms with Crippen LogP contribution in [0, 0.1) is 0 Å². The van der Waals surface area contributed by atoms with Gasteiger partial charge in [0.2, 0.25) is 11.5 Å². The van der Waals surface area contributed by atoms with E-state index >= 15 is 0 Å². The van der Waals surface area contributed by atoms with E-state index in [0.717, 1.165) is 17.4 Å². The summed E-state index contributed by atoms with van der Waals surface area (Å²) < 4.78 is 0. The Bertz CT molecular complexity index is 1190. The molecule has 2 aromatic carbocycles. The van der Waals surface area contributed by atoms with Gasteiger partial charge in [-0.3, -0.25) is 24.1 Å². The van der Waals surface area contributed by atoms with Gasteiger partial charge in [0.1, 0.15) is 0 Å². The Kier molecular flexibility index (Phi) is 5.18. The molecule has 0 aliphatic carbocycles. The average molecular weight is 403 g/mol. The molecule has 1 aliphatic heterocycles. The molecule has 0 fully saturated rings. The second kappa shape index (κ2) is 7.94. The van der Waals surface area contributed by atoms with Gasteiger partial charge in [-0.05, 0) is 42.7 Å². The van der Waals surface area contributed by atoms with Crippen LogP contribution >= 0.6 is 0 Å². The van der Waals surface area contributed by atoms with Gasteiger partial charge in [-0.1, -0.05) is 25.1 Å². The number of rotatable bonds is 6. The molecular weight excluding hydrogens is 382 g/mol. The van der Waals surface area contributed by atoms with Crippen LogP contribution in [0.25, 0.3) is 10.9 Å². The smallest absolute Gasteiger partial charge is 0.261 e. The number of aromatic amines is 1. The molecule has 2 N–H and O–H groups in total. The summed E-state index contributed by atoms with van der Waals surface area (Å²) in [5, 5.41) is 3.75. The number of hydrogen-bond acceptors (Lipinski definition) is 4. The predicted octanol–water partition coefficient (Wildman–Crippen LogP) is 3.11. The molecule has 0 bridgehead atoms. The van der Waals surface area contributed by atoms with Gasteiger partial charge in [-0.25, -0.2) is 0 Å². The Morgan fingerprint density at radius 3 is 2.37 bits per heavy atom. The predicted molar refractivity (Wildman–Crippen MR) is 114 cm³/mol. The van der Waals surface area contributed by atoms with Crippen molar-refractivity contribution >= 4 is 34.3 Å². The number of anilines is 1. The van der Waals surface area contributed by atoms with Gasteiger partial charge in [-0.2, -0.15) is 0 Å². The van der Waals surface area contributed by atoms with Gasteiger partial charge in [0, 0.05) is 30.1 Å². The van der Waals surface area contributed by atoms with E-state index in [2.05, 4.69) is 10.3 Å². The van der Waals surface area contributed by atoms with Crippen LogP contribution in [0.4, 0.5) is 5.69 Å². The number of H-pyrrole nitrogens is 1. The quantitative estimate of drug-likeness (QED) is 0.618. The summed E-state index contributed by atoms with van der Waals surface area (Å²) >= 11 is 0. The van der Waals surface area contributed by atoms with Crippen molar-refractivity contribution in [3.05, 3.63) is 75.6 Å². The van der Waals surface area contributed by atoms with Gasteiger partial charge in [0.05, 0.1) is 16.6 Å². The number of amides is 3. The van der Waals surface area contributed by atoms with Crippen LogP contribution in [0.1, 0.15) is 46.0 Å². The highest BCUT2D eigenvalue weighted by molar-refractivity contribution is 6.21. The number of fused-ring (bicyclic) bond motifs is 2. The number of aromatic nitrogens is 1. The summed E-state index contributed by atoms with van der Waals surface area (Å²) in [6, 6.07) is 13.7. The number of pyridine rings is 1. The molecule has 3 amide bonds. The fourth-order valence-electron chi connectivity index (χ4n) is 3.77. The molecule has 0 radical (unpaired) electrons. The fraction of sp³-hybridized carbons (Fsp3) is 0.217. The summed E-state index contributed by atoms with van der Waals surface area (Å²) in [7, 11) is 0. The lowest BCUT2D eigenvalue weighted by Gasteiger charge is -2.13. The van der Waals surface area contributed by atoms with E-state index in [1.165, 1.54) is 4.90 Å². The molecule has 7 heteroatoms. The molecule has 2 heterocycles. The van der Waals surface area contributed by atoms with E-state index in [9.17, 15) is 19.2 Å². The maximum absolute atomic E-state index is 12.4. The second-order valence-electron chi connectivity index (χ2n) is 7.23. The lowest BCUT2D eigenvalue weighted by molar-refractivity contribution is -0.116. The molecule has 0 spiro atoms. The summed E-state index contributed by atoms with van der Waals surface area (Å²) in [6.07, 6.45) is 1.27. The zero-order chi connectivity index (χ0) is 21.3. The van der Waals surface area contributed by atoms with Crippen LogP contribution < -0.4 is 10.9 Å². The maximum Gasteiger partial charge on any atom is 0.261 e. The SMILES string of the molecule is CCc1cc(=O)[nH]c2cc(NC(=O)CCCN3C(=O)c4ccccc4C3=O)ccc12. The highest BCUT2D eigenvalue weighted by Gasteiger charge is 2.34. The van der Waals surface area contributed by atoms with Crippen molar-refractivity contribution in [3.63, 3.8) is 0 Å². The first-order chi connectivity index (χ1) is 14.5. The molecule has 7 nitrogen and oxygen atoms in total. The number of imide groups is 1. The normalized spacial score (nSPS) is 13.0. The molecular formula is C23H21N3O4. The minimum Gasteiger partial charge on any atom is -0.326 e. The Balaban J connectivity index is 1.37. The van der Waals surface area contributed by atoms with E-state index in [4.69, 9.17) is 0 Å². The van der Waals surface area contributed by atoms with Gasteiger partial charge >= 0.3 is 0 Å². The van der Waals surface area contributed by atoms with Gasteiger partial charge in [-0.15, -0.1) is 0 Å². The van der Waals surface area contributed by atoms with Gasteiger partial charge in [0.15, 0.2) is 0 Å². The first-order valence-electron chi connectivity index (χ1n) is 9.89. The largest absolute Gasteiger partial charge is 0.326 e. The van der Waals surface area contributed by atoms with Crippen LogP contribution in [0.5, 0.6) is 0 Å². The molecule has 0 unspecified atom stereocenters. The third-order valence-electron chi connectivity index (χ3n) is 5.26. The number of nitrogens with one attached hydrogen (secondary N) is 2. The standard InChI is InChI=1S/C23H21N3O4/c1-2-14-12-21(28)25-19-13-15(9-10-16(14)19)24-20(27)8-5-11-26-22(29)17-6-3-4-7-18(17)23(26)30/h3-4,6-7,9-10,12-13H,2,5,8,11H2,1H3,(H,24,27)(H,25,28). The van der Waals surface area contributed by atoms with Crippen LogP contribution in [0.3, 0.4) is 0 Å². The number of carbonyl (C=O) groups excluding carboxylic acids is 3. The van der Waals surface area contributed by atoms with Crippen molar-refractivity contribution in [2.75, 3.05) is 11.9 Å². The van der Waals surface area contributed by atoms with Crippen molar-refractivity contribution in [1.29, 1.82) is 0 Å². The molecule has 1 aliphatic rings. The summed E-state index contributed by atoms with van der Waals surface area (Å²) in [6.45, 7) is 2.17. The second-order valence-corrected chi connectivity index (χ2v) is 7.23. The number of nitrogens with zero attached hydrogens (tertiary/aromatic N) is 1. The van der Waals surface area contributed by atoms with E-state index < -0.39 is 0 Å². The number of carbonyl (C=O) groups is 3. The van der Waals surface area contributed by atoms with Crippen LogP contribution in [0.15, 0.2) is 53.3 Å². The van der Waals surface area contributed by atoms with E-state index in [-0.39, 0.29) is 36.2 Å². The number of hydrogen-bond donors (Lipinski definition) is 2. The van der Waals surface area contributed by atoms with E-state index in [1.54, 1.807) is 42.5 Å². The summed E-state index contributed by atoms with van der Waals surface area (Å²) in [4.78, 5) is 52.8. The first-order valence-corrected chi connectivity index (χ1v) is 9.89. The summed E-state index contributed by atoms with van der Waals surface area (Å²) in [5.41, 5.74) is 2.84. The third kappa shape index (κ3) is 3.61. The minimum absolute atomic E-state index is 0.164. The molecule has 4 rings (SSSR count). The number of aryl methyl sites for hydroxylation is 1. The zero-order valence-corrected chi connectivity index (χ0v) is 16.5. The van der Waals surface area contributed by atoms with Crippen molar-refractivity contribution in [2.45, 2.75) is 26.2 Å². The topological polar surface area (TPSA) is 99.3 Å². The van der Waals surface area contributed by atoms with Crippen molar-refractivity contribution in [3.8, 4) is 0 Å². The fourth-order valence-corrected chi connectivity index (χ4v) is 3.77. The minimum atomic E-state index is -0.318. The highest BCUT2D eigenvalue weighted by atomic mass is 16.2. The van der Waals surface area contributed by atoms with E-state index in [0.29, 0.717) is 28.8 Å². The van der Waals surface area contributed by atoms with Crippen molar-refractivity contribution in [1.82, 2.24) is 9.88 Å². The lowest BCUT2D eigenvalue weighted by atomic mass is 10.1.